The summed E-state index contributed by atoms with van der Waals surface area (Å²) in [6, 6.07) is 15.1. The number of benzene rings is 2. The molecule has 2 nitrogen and oxygen atoms in total. The van der Waals surface area contributed by atoms with E-state index in [-0.39, 0.29) is 0 Å². The van der Waals surface area contributed by atoms with E-state index in [0.717, 1.165) is 5.56 Å². The van der Waals surface area contributed by atoms with Crippen molar-refractivity contribution in [3.05, 3.63) is 48.0 Å². The van der Waals surface area contributed by atoms with Crippen LogP contribution < -0.4 is 5.32 Å². The molecule has 2 heteroatoms. The predicted molar refractivity (Wildman–Crippen MR) is 88.4 cm³/mol. The Balaban J connectivity index is 1.61. The van der Waals surface area contributed by atoms with Crippen molar-refractivity contribution in [2.45, 2.75) is 50.7 Å². The lowest BCUT2D eigenvalue weighted by Gasteiger charge is -2.19. The van der Waals surface area contributed by atoms with Gasteiger partial charge < -0.3 is 10.4 Å². The van der Waals surface area contributed by atoms with Gasteiger partial charge in [0, 0.05) is 12.6 Å². The van der Waals surface area contributed by atoms with Gasteiger partial charge in [0.25, 0.3) is 0 Å². The quantitative estimate of drug-likeness (QED) is 0.825. The van der Waals surface area contributed by atoms with Crippen LogP contribution >= 0.6 is 0 Å². The molecular formula is C19H25NO. The average Bonchev–Trinajstić information content (AvgIpc) is 2.81. The topological polar surface area (TPSA) is 32.3 Å². The summed E-state index contributed by atoms with van der Waals surface area (Å²) < 4.78 is 0. The maximum atomic E-state index is 10.4. The molecule has 2 aromatic rings. The number of aliphatic hydroxyl groups is 1. The maximum Gasteiger partial charge on any atom is 0.0914 e. The van der Waals surface area contributed by atoms with E-state index in [2.05, 4.69) is 29.6 Å². The van der Waals surface area contributed by atoms with Crippen molar-refractivity contribution >= 4 is 10.8 Å². The van der Waals surface area contributed by atoms with E-state index in [9.17, 15) is 5.11 Å². The predicted octanol–water partition coefficient (Wildman–Crippen LogP) is 4.19. The maximum absolute atomic E-state index is 10.4. The summed E-state index contributed by atoms with van der Waals surface area (Å²) >= 11 is 0. The van der Waals surface area contributed by atoms with Gasteiger partial charge in [0.2, 0.25) is 0 Å². The van der Waals surface area contributed by atoms with Gasteiger partial charge in [0.1, 0.15) is 0 Å². The third kappa shape index (κ3) is 3.84. The summed E-state index contributed by atoms with van der Waals surface area (Å²) in [4.78, 5) is 0. The van der Waals surface area contributed by atoms with Crippen molar-refractivity contribution in [1.29, 1.82) is 0 Å². The molecule has 0 saturated heterocycles. The van der Waals surface area contributed by atoms with E-state index >= 15 is 0 Å². The lowest BCUT2D eigenvalue weighted by Crippen LogP contribution is -2.32. The first kappa shape index (κ1) is 14.6. The molecule has 112 valence electrons. The van der Waals surface area contributed by atoms with Gasteiger partial charge in [-0.15, -0.1) is 0 Å². The van der Waals surface area contributed by atoms with Crippen molar-refractivity contribution in [2.75, 3.05) is 6.54 Å². The molecule has 1 unspecified atom stereocenters. The van der Waals surface area contributed by atoms with Gasteiger partial charge in [-0.1, -0.05) is 62.1 Å². The van der Waals surface area contributed by atoms with Gasteiger partial charge in [-0.3, -0.25) is 0 Å². The number of hydrogen-bond acceptors (Lipinski definition) is 2. The van der Waals surface area contributed by atoms with Crippen LogP contribution in [0.3, 0.4) is 0 Å². The Bertz CT molecular complexity index is 573. The lowest BCUT2D eigenvalue weighted by atomic mass is 10.0. The van der Waals surface area contributed by atoms with Crippen LogP contribution in [0.15, 0.2) is 42.5 Å². The van der Waals surface area contributed by atoms with Gasteiger partial charge >= 0.3 is 0 Å². The number of nitrogens with one attached hydrogen (secondary N) is 1. The number of rotatable bonds is 4. The van der Waals surface area contributed by atoms with Crippen molar-refractivity contribution < 1.29 is 5.11 Å². The number of hydrogen-bond donors (Lipinski definition) is 2. The Morgan fingerprint density at radius 1 is 0.952 bits per heavy atom. The smallest absolute Gasteiger partial charge is 0.0914 e. The largest absolute Gasteiger partial charge is 0.387 e. The first-order valence-electron chi connectivity index (χ1n) is 8.23. The molecular weight excluding hydrogens is 258 g/mol. The standard InChI is InChI=1S/C19H25NO/c21-19(14-20-18-9-3-1-2-4-10-18)17-12-11-15-7-5-6-8-16(15)13-17/h5-8,11-13,18-21H,1-4,9-10,14H2. The van der Waals surface area contributed by atoms with Crippen LogP contribution in [0.4, 0.5) is 0 Å². The minimum absolute atomic E-state index is 0.419. The molecule has 0 aliphatic heterocycles. The molecule has 21 heavy (non-hydrogen) atoms. The van der Waals surface area contributed by atoms with Crippen molar-refractivity contribution in [3.8, 4) is 0 Å². The van der Waals surface area contributed by atoms with E-state index in [0.29, 0.717) is 12.6 Å². The van der Waals surface area contributed by atoms with E-state index in [1.165, 1.54) is 49.3 Å². The Kier molecular flexibility index (Phi) is 4.89. The summed E-state index contributed by atoms with van der Waals surface area (Å²) in [6.45, 7) is 0.656. The van der Waals surface area contributed by atoms with Gasteiger partial charge in [-0.25, -0.2) is 0 Å². The summed E-state index contributed by atoms with van der Waals surface area (Å²) in [5.41, 5.74) is 1.01. The summed E-state index contributed by atoms with van der Waals surface area (Å²) in [6.07, 6.45) is 7.47. The molecule has 1 aliphatic rings. The van der Waals surface area contributed by atoms with Crippen molar-refractivity contribution in [2.24, 2.45) is 0 Å². The third-order valence-electron chi connectivity index (χ3n) is 4.61. The van der Waals surface area contributed by atoms with E-state index in [1.54, 1.807) is 0 Å². The molecule has 0 amide bonds. The van der Waals surface area contributed by atoms with Crippen LogP contribution in [0.5, 0.6) is 0 Å². The lowest BCUT2D eigenvalue weighted by molar-refractivity contribution is 0.168. The molecule has 0 aromatic heterocycles. The Labute approximate surface area is 127 Å². The fourth-order valence-electron chi connectivity index (χ4n) is 3.29. The molecule has 1 aliphatic carbocycles. The normalized spacial score (nSPS) is 18.5. The average molecular weight is 283 g/mol. The second-order valence-electron chi connectivity index (χ2n) is 6.22. The highest BCUT2D eigenvalue weighted by Gasteiger charge is 2.14. The van der Waals surface area contributed by atoms with Crippen LogP contribution in [0, 0.1) is 0 Å². The molecule has 3 rings (SSSR count). The SMILES string of the molecule is OC(CNC1CCCCCC1)c1ccc2ccccc2c1. The van der Waals surface area contributed by atoms with Crippen LogP contribution in [-0.2, 0) is 0 Å². The Hall–Kier alpha value is -1.38. The van der Waals surface area contributed by atoms with Gasteiger partial charge in [0.15, 0.2) is 0 Å². The van der Waals surface area contributed by atoms with Gasteiger partial charge in [-0.2, -0.15) is 0 Å². The van der Waals surface area contributed by atoms with E-state index < -0.39 is 6.10 Å². The molecule has 2 aromatic carbocycles. The minimum atomic E-state index is -0.419. The van der Waals surface area contributed by atoms with Crippen molar-refractivity contribution in [1.82, 2.24) is 5.32 Å². The third-order valence-corrected chi connectivity index (χ3v) is 4.61. The summed E-state index contributed by atoms with van der Waals surface area (Å²) in [5, 5.41) is 16.4. The monoisotopic (exact) mass is 283 g/mol. The highest BCUT2D eigenvalue weighted by Crippen LogP contribution is 2.21. The fourth-order valence-corrected chi connectivity index (χ4v) is 3.29. The number of fused-ring (bicyclic) bond motifs is 1. The van der Waals surface area contributed by atoms with E-state index in [1.807, 2.05) is 18.2 Å². The highest BCUT2D eigenvalue weighted by molar-refractivity contribution is 5.83. The zero-order valence-electron chi connectivity index (χ0n) is 12.6. The first-order chi connectivity index (χ1) is 10.3. The van der Waals surface area contributed by atoms with Crippen LogP contribution in [-0.4, -0.2) is 17.7 Å². The first-order valence-corrected chi connectivity index (χ1v) is 8.23. The second-order valence-corrected chi connectivity index (χ2v) is 6.22. The molecule has 2 N–H and O–H groups in total. The Morgan fingerprint density at radius 3 is 2.43 bits per heavy atom. The summed E-state index contributed by atoms with van der Waals surface area (Å²) in [7, 11) is 0. The Morgan fingerprint density at radius 2 is 1.67 bits per heavy atom. The van der Waals surface area contributed by atoms with Gasteiger partial charge in [-0.05, 0) is 35.2 Å². The number of aliphatic hydroxyl groups excluding tert-OH is 1. The van der Waals surface area contributed by atoms with Gasteiger partial charge in [0.05, 0.1) is 6.10 Å². The second kappa shape index (κ2) is 7.06. The zero-order chi connectivity index (χ0) is 14.5. The molecule has 1 fully saturated rings. The highest BCUT2D eigenvalue weighted by atomic mass is 16.3. The molecule has 1 atom stereocenters. The molecule has 0 spiro atoms. The molecule has 1 saturated carbocycles. The fraction of sp³-hybridized carbons (Fsp3) is 0.474. The van der Waals surface area contributed by atoms with Crippen molar-refractivity contribution in [3.63, 3.8) is 0 Å². The zero-order valence-corrected chi connectivity index (χ0v) is 12.6. The molecule has 0 radical (unpaired) electrons. The minimum Gasteiger partial charge on any atom is -0.387 e. The summed E-state index contributed by atoms with van der Waals surface area (Å²) in [5.74, 6) is 0. The molecule has 0 bridgehead atoms. The van der Waals surface area contributed by atoms with Crippen LogP contribution in [0.1, 0.15) is 50.2 Å². The molecule has 0 heterocycles. The van der Waals surface area contributed by atoms with Crippen LogP contribution in [0.25, 0.3) is 10.8 Å². The van der Waals surface area contributed by atoms with Crippen LogP contribution in [0.2, 0.25) is 0 Å². The van der Waals surface area contributed by atoms with E-state index in [4.69, 9.17) is 0 Å².